The monoisotopic (exact) mass is 299 g/mol. The van der Waals surface area contributed by atoms with Crippen LogP contribution in [0.5, 0.6) is 0 Å². The average Bonchev–Trinajstić information content (AvgIpc) is 2.35. The van der Waals surface area contributed by atoms with Crippen molar-refractivity contribution in [2.24, 2.45) is 0 Å². The molecule has 0 aromatic heterocycles. The van der Waals surface area contributed by atoms with Crippen molar-refractivity contribution in [3.05, 3.63) is 29.3 Å². The quantitative estimate of drug-likeness (QED) is 0.823. The third-order valence-corrected chi connectivity index (χ3v) is 5.19. The number of ether oxygens (including phenoxy) is 1. The first-order valence-corrected chi connectivity index (χ1v) is 7.53. The van der Waals surface area contributed by atoms with Crippen LogP contribution in [0, 0.1) is 6.92 Å². The van der Waals surface area contributed by atoms with Gasteiger partial charge in [-0.1, -0.05) is 6.07 Å². The van der Waals surface area contributed by atoms with Crippen molar-refractivity contribution in [3.8, 4) is 0 Å². The van der Waals surface area contributed by atoms with Gasteiger partial charge in [0.05, 0.1) is 23.2 Å². The first-order chi connectivity index (χ1) is 9.17. The number of sulfonamides is 1. The summed E-state index contributed by atoms with van der Waals surface area (Å²) in [6, 6.07) is 4.40. The van der Waals surface area contributed by atoms with Crippen LogP contribution in [0.3, 0.4) is 0 Å². The largest absolute Gasteiger partial charge is 0.465 e. The van der Waals surface area contributed by atoms with Crippen molar-refractivity contribution < 1.29 is 23.1 Å². The second kappa shape index (κ2) is 4.83. The van der Waals surface area contributed by atoms with Crippen molar-refractivity contribution in [2.45, 2.75) is 24.3 Å². The van der Waals surface area contributed by atoms with E-state index in [0.29, 0.717) is 5.56 Å². The summed E-state index contributed by atoms with van der Waals surface area (Å²) in [5, 5.41) is 9.66. The summed E-state index contributed by atoms with van der Waals surface area (Å²) in [4.78, 5) is 11.6. The van der Waals surface area contributed by atoms with Gasteiger partial charge in [-0.05, 0) is 31.5 Å². The second-order valence-electron chi connectivity index (χ2n) is 5.24. The van der Waals surface area contributed by atoms with Crippen molar-refractivity contribution in [3.63, 3.8) is 0 Å². The number of carbonyl (C=O) groups excluding carboxylic acids is 1. The number of methoxy groups -OCH3 is 1. The van der Waals surface area contributed by atoms with Gasteiger partial charge in [-0.15, -0.1) is 0 Å². The van der Waals surface area contributed by atoms with Gasteiger partial charge in [-0.3, -0.25) is 0 Å². The molecule has 1 saturated heterocycles. The van der Waals surface area contributed by atoms with Crippen LogP contribution in [0.15, 0.2) is 23.1 Å². The zero-order chi connectivity index (χ0) is 15.1. The number of β-amino-alcohol motifs (C(OH)–C–C–N with tert-alkyl or cyclic N) is 1. The molecule has 0 unspecified atom stereocenters. The molecule has 110 valence electrons. The Morgan fingerprint density at radius 2 is 2.00 bits per heavy atom. The minimum atomic E-state index is -3.70. The summed E-state index contributed by atoms with van der Waals surface area (Å²) >= 11 is 0. The lowest BCUT2D eigenvalue weighted by Gasteiger charge is -2.43. The van der Waals surface area contributed by atoms with E-state index in [1.807, 2.05) is 0 Å². The van der Waals surface area contributed by atoms with Crippen LogP contribution >= 0.6 is 0 Å². The lowest BCUT2D eigenvalue weighted by Crippen LogP contribution is -2.61. The van der Waals surface area contributed by atoms with E-state index in [2.05, 4.69) is 4.74 Å². The standard InChI is InChI=1S/C13H17NO5S/c1-9-4-5-10(12(15)19-3)6-11(9)20(17,18)14-7-13(2,16)8-14/h4-6,16H,7-8H2,1-3H3. The Labute approximate surface area is 118 Å². The van der Waals surface area contributed by atoms with Crippen LogP contribution < -0.4 is 0 Å². The SMILES string of the molecule is COC(=O)c1ccc(C)c(S(=O)(=O)N2CC(C)(O)C2)c1. The lowest BCUT2D eigenvalue weighted by atomic mass is 10.0. The minimum absolute atomic E-state index is 0.0528. The normalized spacial score (nSPS) is 18.4. The van der Waals surface area contributed by atoms with Gasteiger partial charge in [0.1, 0.15) is 0 Å². The van der Waals surface area contributed by atoms with Gasteiger partial charge in [0.25, 0.3) is 0 Å². The molecule has 0 spiro atoms. The maximum Gasteiger partial charge on any atom is 0.337 e. The summed E-state index contributed by atoms with van der Waals surface area (Å²) in [6.45, 7) is 3.34. The van der Waals surface area contributed by atoms with Gasteiger partial charge in [0.2, 0.25) is 10.0 Å². The molecule has 0 atom stereocenters. The molecule has 1 fully saturated rings. The Morgan fingerprint density at radius 1 is 1.40 bits per heavy atom. The van der Waals surface area contributed by atoms with E-state index in [9.17, 15) is 18.3 Å². The number of aliphatic hydroxyl groups is 1. The molecule has 1 heterocycles. The molecule has 0 amide bonds. The first-order valence-electron chi connectivity index (χ1n) is 6.09. The minimum Gasteiger partial charge on any atom is -0.465 e. The van der Waals surface area contributed by atoms with Gasteiger partial charge in [0.15, 0.2) is 0 Å². The fraction of sp³-hybridized carbons (Fsp3) is 0.462. The molecule has 1 aliphatic rings. The van der Waals surface area contributed by atoms with Gasteiger partial charge < -0.3 is 9.84 Å². The zero-order valence-corrected chi connectivity index (χ0v) is 12.4. The lowest BCUT2D eigenvalue weighted by molar-refractivity contribution is -0.0426. The van der Waals surface area contributed by atoms with Crippen LogP contribution in [-0.4, -0.2) is 49.6 Å². The molecule has 6 nitrogen and oxygen atoms in total. The van der Waals surface area contributed by atoms with Crippen molar-refractivity contribution in [1.82, 2.24) is 4.31 Å². The topological polar surface area (TPSA) is 83.9 Å². The Morgan fingerprint density at radius 3 is 2.50 bits per heavy atom. The second-order valence-corrected chi connectivity index (χ2v) is 7.15. The highest BCUT2D eigenvalue weighted by Crippen LogP contribution is 2.29. The molecule has 2 rings (SSSR count). The molecule has 1 aromatic carbocycles. The fourth-order valence-corrected chi connectivity index (χ4v) is 4.07. The highest BCUT2D eigenvalue weighted by atomic mass is 32.2. The third-order valence-electron chi connectivity index (χ3n) is 3.26. The van der Waals surface area contributed by atoms with Crippen molar-refractivity contribution in [1.29, 1.82) is 0 Å². The first kappa shape index (κ1) is 15.0. The Hall–Kier alpha value is -1.44. The molecular formula is C13H17NO5S. The predicted molar refractivity (Wildman–Crippen MR) is 71.9 cm³/mol. The average molecular weight is 299 g/mol. The molecule has 0 bridgehead atoms. The molecular weight excluding hydrogens is 282 g/mol. The van der Waals surface area contributed by atoms with Crippen LogP contribution in [0.4, 0.5) is 0 Å². The van der Waals surface area contributed by atoms with Gasteiger partial charge >= 0.3 is 5.97 Å². The maximum absolute atomic E-state index is 12.4. The Bertz CT molecular complexity index is 643. The number of esters is 1. The third kappa shape index (κ3) is 2.56. The van der Waals surface area contributed by atoms with Crippen LogP contribution in [0.1, 0.15) is 22.8 Å². The van der Waals surface area contributed by atoms with Gasteiger partial charge in [-0.25, -0.2) is 13.2 Å². The molecule has 0 radical (unpaired) electrons. The number of carbonyl (C=O) groups is 1. The van der Waals surface area contributed by atoms with E-state index < -0.39 is 21.6 Å². The summed E-state index contributed by atoms with van der Waals surface area (Å²) < 4.78 is 30.7. The van der Waals surface area contributed by atoms with E-state index in [1.54, 1.807) is 19.9 Å². The van der Waals surface area contributed by atoms with Crippen LogP contribution in [0.2, 0.25) is 0 Å². The molecule has 20 heavy (non-hydrogen) atoms. The van der Waals surface area contributed by atoms with Crippen LogP contribution in [0.25, 0.3) is 0 Å². The highest BCUT2D eigenvalue weighted by Gasteiger charge is 2.44. The summed E-state index contributed by atoms with van der Waals surface area (Å²) in [7, 11) is -2.46. The maximum atomic E-state index is 12.4. The summed E-state index contributed by atoms with van der Waals surface area (Å²) in [5.41, 5.74) is -0.255. The molecule has 1 aromatic rings. The molecule has 7 heteroatoms. The van der Waals surface area contributed by atoms with Crippen LogP contribution in [-0.2, 0) is 14.8 Å². The van der Waals surface area contributed by atoms with E-state index >= 15 is 0 Å². The predicted octanol–water partition coefficient (Wildman–Crippen LogP) is 0.537. The molecule has 1 N–H and O–H groups in total. The highest BCUT2D eigenvalue weighted by molar-refractivity contribution is 7.89. The van der Waals surface area contributed by atoms with E-state index in [4.69, 9.17) is 0 Å². The van der Waals surface area contributed by atoms with Crippen molar-refractivity contribution in [2.75, 3.05) is 20.2 Å². The van der Waals surface area contributed by atoms with E-state index in [-0.39, 0.29) is 23.5 Å². The van der Waals surface area contributed by atoms with E-state index in [0.717, 1.165) is 0 Å². The molecule has 0 saturated carbocycles. The molecule has 1 aliphatic heterocycles. The number of rotatable bonds is 3. The zero-order valence-electron chi connectivity index (χ0n) is 11.6. The number of nitrogens with zero attached hydrogens (tertiary/aromatic N) is 1. The smallest absolute Gasteiger partial charge is 0.337 e. The van der Waals surface area contributed by atoms with E-state index in [1.165, 1.54) is 23.5 Å². The molecule has 0 aliphatic carbocycles. The van der Waals surface area contributed by atoms with Gasteiger partial charge in [0, 0.05) is 13.1 Å². The Balaban J connectivity index is 2.39. The fourth-order valence-electron chi connectivity index (χ4n) is 2.15. The number of aryl methyl sites for hydroxylation is 1. The van der Waals surface area contributed by atoms with Crippen molar-refractivity contribution >= 4 is 16.0 Å². The number of benzene rings is 1. The summed E-state index contributed by atoms with van der Waals surface area (Å²) in [5.74, 6) is -0.586. The van der Waals surface area contributed by atoms with Gasteiger partial charge in [-0.2, -0.15) is 4.31 Å². The number of hydrogen-bond donors (Lipinski definition) is 1. The number of hydrogen-bond acceptors (Lipinski definition) is 5. The Kier molecular flexibility index (Phi) is 3.62. The summed E-state index contributed by atoms with van der Waals surface area (Å²) in [6.07, 6.45) is 0.